The van der Waals surface area contributed by atoms with Crippen LogP contribution in [0.25, 0.3) is 0 Å². The number of benzene rings is 1. The van der Waals surface area contributed by atoms with E-state index in [9.17, 15) is 4.79 Å². The first-order valence-corrected chi connectivity index (χ1v) is 5.97. The first-order valence-electron chi connectivity index (χ1n) is 5.97. The molecule has 0 radical (unpaired) electrons. The highest BCUT2D eigenvalue weighted by Gasteiger charge is 2.10. The van der Waals surface area contributed by atoms with Gasteiger partial charge in [0.1, 0.15) is 5.75 Å². The highest BCUT2D eigenvalue weighted by Crippen LogP contribution is 2.12. The number of carbonyl (C=O) groups excluding carboxylic acids is 1. The number of ketones is 1. The minimum Gasteiger partial charge on any atom is -0.497 e. The molecule has 4 heteroatoms. The molecule has 18 heavy (non-hydrogen) atoms. The topological polar surface area (TPSA) is 53.3 Å². The summed E-state index contributed by atoms with van der Waals surface area (Å²) < 4.78 is 5.05. The van der Waals surface area contributed by atoms with Gasteiger partial charge < -0.3 is 4.74 Å². The van der Waals surface area contributed by atoms with Gasteiger partial charge in [0, 0.05) is 18.5 Å². The number of carbonyl (C=O) groups is 1. The molecule has 0 aromatic heterocycles. The van der Waals surface area contributed by atoms with Crippen molar-refractivity contribution in [3.8, 4) is 11.8 Å². The number of nitrogens with zero attached hydrogens (tertiary/aromatic N) is 2. The fourth-order valence-corrected chi connectivity index (χ4v) is 1.63. The smallest absolute Gasteiger partial charge is 0.176 e. The lowest BCUT2D eigenvalue weighted by Gasteiger charge is -2.17. The molecule has 96 valence electrons. The number of hydrogen-bond acceptors (Lipinski definition) is 4. The van der Waals surface area contributed by atoms with Crippen molar-refractivity contribution in [1.82, 2.24) is 4.90 Å². The van der Waals surface area contributed by atoms with E-state index in [2.05, 4.69) is 6.07 Å². The molecule has 0 bridgehead atoms. The van der Waals surface area contributed by atoms with Crippen LogP contribution in [0.4, 0.5) is 0 Å². The van der Waals surface area contributed by atoms with E-state index in [1.54, 1.807) is 31.4 Å². The van der Waals surface area contributed by atoms with Gasteiger partial charge in [-0.2, -0.15) is 5.26 Å². The second-order valence-electron chi connectivity index (χ2n) is 3.93. The van der Waals surface area contributed by atoms with Crippen molar-refractivity contribution in [2.45, 2.75) is 13.3 Å². The number of hydrogen-bond donors (Lipinski definition) is 0. The Morgan fingerprint density at radius 2 is 2.06 bits per heavy atom. The fraction of sp³-hybridized carbons (Fsp3) is 0.429. The van der Waals surface area contributed by atoms with E-state index in [1.807, 2.05) is 11.8 Å². The van der Waals surface area contributed by atoms with Crippen molar-refractivity contribution in [3.63, 3.8) is 0 Å². The van der Waals surface area contributed by atoms with Gasteiger partial charge in [-0.1, -0.05) is 6.92 Å². The summed E-state index contributed by atoms with van der Waals surface area (Å²) >= 11 is 0. The molecule has 0 spiro atoms. The maximum atomic E-state index is 12.0. The Bertz CT molecular complexity index is 420. The summed E-state index contributed by atoms with van der Waals surface area (Å²) in [5.41, 5.74) is 0.672. The third-order valence-electron chi connectivity index (χ3n) is 2.77. The number of methoxy groups -OCH3 is 1. The van der Waals surface area contributed by atoms with E-state index < -0.39 is 0 Å². The minimum absolute atomic E-state index is 0.0671. The van der Waals surface area contributed by atoms with Crippen LogP contribution in [-0.4, -0.2) is 37.4 Å². The van der Waals surface area contributed by atoms with Crippen LogP contribution in [0.2, 0.25) is 0 Å². The normalized spacial score (nSPS) is 10.1. The lowest BCUT2D eigenvalue weighted by Crippen LogP contribution is -2.30. The molecule has 1 rings (SSSR count). The van der Waals surface area contributed by atoms with E-state index in [0.29, 0.717) is 25.1 Å². The molecule has 0 atom stereocenters. The van der Waals surface area contributed by atoms with Crippen LogP contribution in [-0.2, 0) is 0 Å². The first-order chi connectivity index (χ1) is 8.71. The van der Waals surface area contributed by atoms with E-state index >= 15 is 0 Å². The van der Waals surface area contributed by atoms with Gasteiger partial charge in [-0.25, -0.2) is 0 Å². The Kier molecular flexibility index (Phi) is 5.89. The number of nitriles is 1. The number of rotatable bonds is 7. The maximum absolute atomic E-state index is 12.0. The van der Waals surface area contributed by atoms with E-state index in [-0.39, 0.29) is 5.78 Å². The number of ether oxygens (including phenoxy) is 1. The number of Topliss-reactive ketones (excluding diaryl/α,β-unsaturated/α-hetero) is 1. The van der Waals surface area contributed by atoms with Crippen molar-refractivity contribution >= 4 is 5.78 Å². The predicted molar refractivity (Wildman–Crippen MR) is 69.7 cm³/mol. The van der Waals surface area contributed by atoms with Crippen LogP contribution in [0, 0.1) is 11.3 Å². The van der Waals surface area contributed by atoms with Crippen molar-refractivity contribution in [2.75, 3.05) is 26.7 Å². The highest BCUT2D eigenvalue weighted by molar-refractivity contribution is 5.97. The zero-order chi connectivity index (χ0) is 13.4. The average Bonchev–Trinajstić information content (AvgIpc) is 2.43. The Labute approximate surface area is 108 Å². The molecule has 0 amide bonds. The molecule has 0 unspecified atom stereocenters. The Morgan fingerprint density at radius 1 is 1.39 bits per heavy atom. The molecular formula is C14H18N2O2. The quantitative estimate of drug-likeness (QED) is 0.691. The van der Waals surface area contributed by atoms with Gasteiger partial charge in [0.25, 0.3) is 0 Å². The largest absolute Gasteiger partial charge is 0.497 e. The molecule has 0 aliphatic carbocycles. The predicted octanol–water partition coefficient (Wildman–Crippen LogP) is 2.11. The van der Waals surface area contributed by atoms with Crippen LogP contribution in [0.5, 0.6) is 5.75 Å². The summed E-state index contributed by atoms with van der Waals surface area (Å²) in [7, 11) is 1.59. The van der Waals surface area contributed by atoms with Gasteiger partial charge in [0.15, 0.2) is 5.78 Å². The summed E-state index contributed by atoms with van der Waals surface area (Å²) in [5.74, 6) is 0.806. The van der Waals surface area contributed by atoms with Crippen molar-refractivity contribution in [2.24, 2.45) is 0 Å². The minimum atomic E-state index is 0.0671. The summed E-state index contributed by atoms with van der Waals surface area (Å²) in [6.07, 6.45) is 0.448. The highest BCUT2D eigenvalue weighted by atomic mass is 16.5. The molecular weight excluding hydrogens is 228 g/mol. The summed E-state index contributed by atoms with van der Waals surface area (Å²) in [5, 5.41) is 8.54. The lowest BCUT2D eigenvalue weighted by molar-refractivity contribution is 0.0935. The zero-order valence-corrected chi connectivity index (χ0v) is 10.8. The standard InChI is InChI=1S/C14H18N2O2/c1-3-16(10-4-9-15)11-14(17)12-5-7-13(18-2)8-6-12/h5-8H,3-4,10-11H2,1-2H3. The van der Waals surface area contributed by atoms with Gasteiger partial charge in [0.05, 0.1) is 19.7 Å². The molecule has 0 saturated heterocycles. The molecule has 0 heterocycles. The van der Waals surface area contributed by atoms with Gasteiger partial charge in [0.2, 0.25) is 0 Å². The van der Waals surface area contributed by atoms with Crippen LogP contribution in [0.1, 0.15) is 23.7 Å². The lowest BCUT2D eigenvalue weighted by atomic mass is 10.1. The Morgan fingerprint density at radius 3 is 2.56 bits per heavy atom. The summed E-state index contributed by atoms with van der Waals surface area (Å²) in [4.78, 5) is 14.0. The van der Waals surface area contributed by atoms with E-state index in [1.165, 1.54) is 0 Å². The second kappa shape index (κ2) is 7.46. The third kappa shape index (κ3) is 4.19. The summed E-state index contributed by atoms with van der Waals surface area (Å²) in [6.45, 7) is 3.74. The molecule has 0 fully saturated rings. The van der Waals surface area contributed by atoms with Gasteiger partial charge in [-0.3, -0.25) is 9.69 Å². The van der Waals surface area contributed by atoms with Crippen molar-refractivity contribution in [1.29, 1.82) is 5.26 Å². The molecule has 0 aliphatic heterocycles. The second-order valence-corrected chi connectivity index (χ2v) is 3.93. The van der Waals surface area contributed by atoms with Crippen LogP contribution in [0.15, 0.2) is 24.3 Å². The monoisotopic (exact) mass is 246 g/mol. The summed E-state index contributed by atoms with van der Waals surface area (Å²) in [6, 6.07) is 9.17. The van der Waals surface area contributed by atoms with Crippen LogP contribution < -0.4 is 4.74 Å². The van der Waals surface area contributed by atoms with Gasteiger partial charge in [-0.15, -0.1) is 0 Å². The van der Waals surface area contributed by atoms with Crippen LogP contribution >= 0.6 is 0 Å². The third-order valence-corrected chi connectivity index (χ3v) is 2.77. The SMILES string of the molecule is CCN(CCC#N)CC(=O)c1ccc(OC)cc1. The Hall–Kier alpha value is -1.86. The van der Waals surface area contributed by atoms with Crippen LogP contribution in [0.3, 0.4) is 0 Å². The molecule has 4 nitrogen and oxygen atoms in total. The van der Waals surface area contributed by atoms with Gasteiger partial charge >= 0.3 is 0 Å². The molecule has 0 saturated carbocycles. The van der Waals surface area contributed by atoms with Crippen molar-refractivity contribution in [3.05, 3.63) is 29.8 Å². The fourth-order valence-electron chi connectivity index (χ4n) is 1.63. The maximum Gasteiger partial charge on any atom is 0.176 e. The molecule has 0 aliphatic rings. The molecule has 0 N–H and O–H groups in total. The van der Waals surface area contributed by atoms with Crippen molar-refractivity contribution < 1.29 is 9.53 Å². The Balaban J connectivity index is 2.60. The number of likely N-dealkylation sites (N-methyl/N-ethyl adjacent to an activating group) is 1. The first kappa shape index (κ1) is 14.2. The van der Waals surface area contributed by atoms with E-state index in [0.717, 1.165) is 12.3 Å². The molecule has 1 aromatic rings. The molecule has 1 aromatic carbocycles. The van der Waals surface area contributed by atoms with Gasteiger partial charge in [-0.05, 0) is 30.8 Å². The zero-order valence-electron chi connectivity index (χ0n) is 10.8. The van der Waals surface area contributed by atoms with E-state index in [4.69, 9.17) is 10.00 Å². The average molecular weight is 246 g/mol.